The molecule has 2 rings (SSSR count). The van der Waals surface area contributed by atoms with Crippen LogP contribution in [0, 0.1) is 0 Å². The van der Waals surface area contributed by atoms with Crippen molar-refractivity contribution in [3.05, 3.63) is 64.7 Å². The number of nitrogens with two attached hydrogens (primary N) is 1. The van der Waals surface area contributed by atoms with Gasteiger partial charge in [0, 0.05) is 16.6 Å². The van der Waals surface area contributed by atoms with Gasteiger partial charge in [-0.3, -0.25) is 0 Å². The summed E-state index contributed by atoms with van der Waals surface area (Å²) in [4.78, 5) is 0. The number of halogens is 1. The van der Waals surface area contributed by atoms with Crippen LogP contribution in [-0.2, 0) is 6.42 Å². The smallest absolute Gasteiger partial charge is 0.123 e. The number of hydrogen-bond donors (Lipinski definition) is 1. The van der Waals surface area contributed by atoms with Gasteiger partial charge in [0.05, 0.1) is 7.11 Å². The van der Waals surface area contributed by atoms with Gasteiger partial charge in [0.25, 0.3) is 0 Å². The number of methoxy groups -OCH3 is 1. The molecule has 0 fully saturated rings. The van der Waals surface area contributed by atoms with Gasteiger partial charge >= 0.3 is 0 Å². The first-order valence-electron chi connectivity index (χ1n) is 5.84. The average Bonchev–Trinajstić information content (AvgIpc) is 2.41. The number of benzene rings is 2. The van der Waals surface area contributed by atoms with E-state index in [0.29, 0.717) is 6.42 Å². The van der Waals surface area contributed by atoms with Gasteiger partial charge < -0.3 is 10.5 Å². The molecule has 0 amide bonds. The van der Waals surface area contributed by atoms with Crippen LogP contribution in [0.5, 0.6) is 5.75 Å². The van der Waals surface area contributed by atoms with E-state index in [1.807, 2.05) is 48.5 Å². The molecule has 2 aromatic carbocycles. The zero-order valence-corrected chi connectivity index (χ0v) is 11.0. The molecular weight excluding hydrogens is 246 g/mol. The summed E-state index contributed by atoms with van der Waals surface area (Å²) in [6.45, 7) is 0. The van der Waals surface area contributed by atoms with Gasteiger partial charge in [0.15, 0.2) is 0 Å². The summed E-state index contributed by atoms with van der Waals surface area (Å²) in [6, 6.07) is 15.4. The van der Waals surface area contributed by atoms with Crippen molar-refractivity contribution in [2.45, 2.75) is 12.5 Å². The molecule has 2 nitrogen and oxygen atoms in total. The Labute approximate surface area is 112 Å². The van der Waals surface area contributed by atoms with Crippen molar-refractivity contribution in [1.82, 2.24) is 0 Å². The fraction of sp³-hybridized carbons (Fsp3) is 0.200. The van der Waals surface area contributed by atoms with Crippen LogP contribution in [0.1, 0.15) is 17.2 Å². The molecule has 1 atom stereocenters. The van der Waals surface area contributed by atoms with E-state index in [9.17, 15) is 0 Å². The zero-order chi connectivity index (χ0) is 13.0. The third-order valence-electron chi connectivity index (χ3n) is 2.94. The molecule has 0 heterocycles. The summed E-state index contributed by atoms with van der Waals surface area (Å²) in [7, 11) is 1.65. The van der Waals surface area contributed by atoms with E-state index in [1.165, 1.54) is 0 Å². The Hall–Kier alpha value is -1.51. The van der Waals surface area contributed by atoms with Crippen LogP contribution in [0.4, 0.5) is 0 Å². The molecule has 0 saturated carbocycles. The minimum absolute atomic E-state index is 0.124. The predicted octanol–water partition coefficient (Wildman–Crippen LogP) is 3.59. The molecule has 0 aliphatic heterocycles. The summed E-state index contributed by atoms with van der Waals surface area (Å²) in [5.41, 5.74) is 8.29. The van der Waals surface area contributed by atoms with Crippen molar-refractivity contribution in [1.29, 1.82) is 0 Å². The van der Waals surface area contributed by atoms with E-state index in [-0.39, 0.29) is 6.04 Å². The molecule has 1 unspecified atom stereocenters. The van der Waals surface area contributed by atoms with Crippen LogP contribution in [0.15, 0.2) is 48.5 Å². The van der Waals surface area contributed by atoms with Crippen molar-refractivity contribution >= 4 is 11.6 Å². The lowest BCUT2D eigenvalue weighted by Gasteiger charge is -2.16. The lowest BCUT2D eigenvalue weighted by Crippen LogP contribution is -2.14. The maximum Gasteiger partial charge on any atom is 0.123 e. The van der Waals surface area contributed by atoms with Gasteiger partial charge in [-0.05, 0) is 24.1 Å². The third-order valence-corrected chi connectivity index (χ3v) is 3.30. The Balaban J connectivity index is 2.22. The SMILES string of the molecule is COc1ccccc1C(N)Cc1ccccc1Cl. The molecule has 2 aromatic rings. The second-order valence-electron chi connectivity index (χ2n) is 4.14. The number of rotatable bonds is 4. The van der Waals surface area contributed by atoms with Crippen molar-refractivity contribution in [2.24, 2.45) is 5.73 Å². The van der Waals surface area contributed by atoms with E-state index >= 15 is 0 Å². The van der Waals surface area contributed by atoms with E-state index in [2.05, 4.69) is 0 Å². The summed E-state index contributed by atoms with van der Waals surface area (Å²) in [5.74, 6) is 0.817. The summed E-state index contributed by atoms with van der Waals surface area (Å²) < 4.78 is 5.32. The molecule has 0 bridgehead atoms. The fourth-order valence-corrected chi connectivity index (χ4v) is 2.20. The molecule has 0 radical (unpaired) electrons. The van der Waals surface area contributed by atoms with Crippen LogP contribution >= 0.6 is 11.6 Å². The second-order valence-corrected chi connectivity index (χ2v) is 4.55. The number of ether oxygens (including phenoxy) is 1. The molecule has 94 valence electrons. The fourth-order valence-electron chi connectivity index (χ4n) is 1.98. The normalized spacial score (nSPS) is 12.2. The molecular formula is C15H16ClNO. The van der Waals surface area contributed by atoms with E-state index < -0.39 is 0 Å². The Kier molecular flexibility index (Phi) is 4.24. The van der Waals surface area contributed by atoms with Gasteiger partial charge in [-0.2, -0.15) is 0 Å². The summed E-state index contributed by atoms with van der Waals surface area (Å²) in [6.07, 6.45) is 0.694. The van der Waals surface area contributed by atoms with Gasteiger partial charge in [0.2, 0.25) is 0 Å². The predicted molar refractivity (Wildman–Crippen MR) is 75.1 cm³/mol. The molecule has 0 aromatic heterocycles. The second kappa shape index (κ2) is 5.89. The lowest BCUT2D eigenvalue weighted by molar-refractivity contribution is 0.405. The molecule has 18 heavy (non-hydrogen) atoms. The Morgan fingerprint density at radius 1 is 1.11 bits per heavy atom. The van der Waals surface area contributed by atoms with E-state index in [4.69, 9.17) is 22.1 Å². The highest BCUT2D eigenvalue weighted by molar-refractivity contribution is 6.31. The minimum Gasteiger partial charge on any atom is -0.496 e. The Morgan fingerprint density at radius 2 is 1.78 bits per heavy atom. The number of para-hydroxylation sites is 1. The molecule has 0 aliphatic carbocycles. The maximum atomic E-state index is 6.23. The van der Waals surface area contributed by atoms with Crippen LogP contribution in [0.2, 0.25) is 5.02 Å². The largest absolute Gasteiger partial charge is 0.496 e. The first-order chi connectivity index (χ1) is 8.72. The highest BCUT2D eigenvalue weighted by Gasteiger charge is 2.13. The van der Waals surface area contributed by atoms with Gasteiger partial charge in [-0.15, -0.1) is 0 Å². The van der Waals surface area contributed by atoms with E-state index in [1.54, 1.807) is 7.11 Å². The minimum atomic E-state index is -0.124. The van der Waals surface area contributed by atoms with Crippen LogP contribution in [-0.4, -0.2) is 7.11 Å². The Morgan fingerprint density at radius 3 is 2.50 bits per heavy atom. The van der Waals surface area contributed by atoms with Gasteiger partial charge in [-0.25, -0.2) is 0 Å². The number of hydrogen-bond acceptors (Lipinski definition) is 2. The van der Waals surface area contributed by atoms with Crippen molar-refractivity contribution in [2.75, 3.05) is 7.11 Å². The van der Waals surface area contributed by atoms with Crippen molar-refractivity contribution in [3.8, 4) is 5.75 Å². The average molecular weight is 262 g/mol. The maximum absolute atomic E-state index is 6.23. The first-order valence-corrected chi connectivity index (χ1v) is 6.22. The molecule has 3 heteroatoms. The lowest BCUT2D eigenvalue weighted by atomic mass is 9.99. The standard InChI is InChI=1S/C15H16ClNO/c1-18-15-9-5-3-7-12(15)14(17)10-11-6-2-4-8-13(11)16/h2-9,14H,10,17H2,1H3. The molecule has 2 N–H and O–H groups in total. The van der Waals surface area contributed by atoms with Crippen LogP contribution in [0.25, 0.3) is 0 Å². The van der Waals surface area contributed by atoms with Crippen molar-refractivity contribution in [3.63, 3.8) is 0 Å². The zero-order valence-electron chi connectivity index (χ0n) is 10.3. The topological polar surface area (TPSA) is 35.2 Å². The molecule has 0 spiro atoms. The molecule has 0 aliphatic rings. The first kappa shape index (κ1) is 12.9. The highest BCUT2D eigenvalue weighted by atomic mass is 35.5. The Bertz CT molecular complexity index is 527. The third kappa shape index (κ3) is 2.84. The quantitative estimate of drug-likeness (QED) is 0.913. The van der Waals surface area contributed by atoms with Crippen molar-refractivity contribution < 1.29 is 4.74 Å². The molecule has 0 saturated heterocycles. The summed E-state index contributed by atoms with van der Waals surface area (Å²) in [5, 5.41) is 0.753. The van der Waals surface area contributed by atoms with E-state index in [0.717, 1.165) is 21.9 Å². The highest BCUT2D eigenvalue weighted by Crippen LogP contribution is 2.27. The van der Waals surface area contributed by atoms with Crippen LogP contribution < -0.4 is 10.5 Å². The summed E-state index contributed by atoms with van der Waals surface area (Å²) >= 11 is 6.14. The van der Waals surface area contributed by atoms with Crippen LogP contribution in [0.3, 0.4) is 0 Å². The van der Waals surface area contributed by atoms with Gasteiger partial charge in [-0.1, -0.05) is 48.0 Å². The monoisotopic (exact) mass is 261 g/mol. The van der Waals surface area contributed by atoms with Gasteiger partial charge in [0.1, 0.15) is 5.75 Å².